The summed E-state index contributed by atoms with van der Waals surface area (Å²) in [5, 5.41) is 2.18. The highest BCUT2D eigenvalue weighted by Crippen LogP contribution is 2.29. The molecule has 0 N–H and O–H groups in total. The minimum Gasteiger partial charge on any atom is -0.497 e. The molecule has 4 heteroatoms. The van der Waals surface area contributed by atoms with Crippen molar-refractivity contribution in [3.05, 3.63) is 60.7 Å². The Morgan fingerprint density at radius 1 is 0.885 bits per heavy atom. The molecule has 0 radical (unpaired) electrons. The van der Waals surface area contributed by atoms with Crippen LogP contribution >= 0.6 is 0 Å². The molecular formula is C22H23NO3. The second kappa shape index (κ2) is 7.48. The van der Waals surface area contributed by atoms with Gasteiger partial charge in [0.2, 0.25) is 0 Å². The third-order valence-corrected chi connectivity index (χ3v) is 4.32. The fraction of sp³-hybridized carbons (Fsp3) is 0.227. The predicted octanol–water partition coefficient (Wildman–Crippen LogP) is 4.37. The number of carbonyl (C=O) groups excluding carboxylic acids is 1. The quantitative estimate of drug-likeness (QED) is 0.686. The SMILES string of the molecule is COc1cccc(-c2ccc3cc(OC(C)C(=O)N(C)C)ccc3c2)c1. The molecule has 0 saturated carbocycles. The van der Waals surface area contributed by atoms with Gasteiger partial charge in [0.25, 0.3) is 5.91 Å². The van der Waals surface area contributed by atoms with Crippen LogP contribution in [0.5, 0.6) is 11.5 Å². The minimum absolute atomic E-state index is 0.0570. The van der Waals surface area contributed by atoms with Gasteiger partial charge in [-0.1, -0.05) is 30.3 Å². The monoisotopic (exact) mass is 349 g/mol. The number of methoxy groups -OCH3 is 1. The van der Waals surface area contributed by atoms with Gasteiger partial charge in [0.15, 0.2) is 6.10 Å². The number of hydrogen-bond donors (Lipinski definition) is 0. The van der Waals surface area contributed by atoms with Crippen LogP contribution in [0.4, 0.5) is 0 Å². The standard InChI is InChI=1S/C22H23NO3/c1-15(22(24)23(2)3)26-21-11-10-18-12-17(8-9-19(18)14-21)16-6-5-7-20(13-16)25-4/h5-15H,1-4H3. The van der Waals surface area contributed by atoms with Crippen molar-refractivity contribution in [3.8, 4) is 22.6 Å². The van der Waals surface area contributed by atoms with E-state index in [0.29, 0.717) is 5.75 Å². The number of fused-ring (bicyclic) bond motifs is 1. The van der Waals surface area contributed by atoms with E-state index in [9.17, 15) is 4.79 Å². The Bertz CT molecular complexity index is 934. The Morgan fingerprint density at radius 2 is 1.58 bits per heavy atom. The molecule has 1 unspecified atom stereocenters. The second-order valence-electron chi connectivity index (χ2n) is 6.45. The summed E-state index contributed by atoms with van der Waals surface area (Å²) in [5.74, 6) is 1.47. The van der Waals surface area contributed by atoms with Crippen molar-refractivity contribution < 1.29 is 14.3 Å². The largest absolute Gasteiger partial charge is 0.497 e. The molecule has 3 aromatic rings. The summed E-state index contributed by atoms with van der Waals surface area (Å²) in [5.41, 5.74) is 2.23. The van der Waals surface area contributed by atoms with E-state index >= 15 is 0 Å². The summed E-state index contributed by atoms with van der Waals surface area (Å²) in [6.07, 6.45) is -0.515. The lowest BCUT2D eigenvalue weighted by atomic mass is 10.0. The highest BCUT2D eigenvalue weighted by Gasteiger charge is 2.16. The van der Waals surface area contributed by atoms with Crippen LogP contribution < -0.4 is 9.47 Å². The molecule has 3 aromatic carbocycles. The number of nitrogens with zero attached hydrogens (tertiary/aromatic N) is 1. The summed E-state index contributed by atoms with van der Waals surface area (Å²) >= 11 is 0. The average Bonchev–Trinajstić information content (AvgIpc) is 2.66. The van der Waals surface area contributed by atoms with Crippen molar-refractivity contribution in [1.29, 1.82) is 0 Å². The molecule has 0 aliphatic heterocycles. The first kappa shape index (κ1) is 17.8. The molecule has 134 valence electrons. The number of ether oxygens (including phenoxy) is 2. The van der Waals surface area contributed by atoms with Gasteiger partial charge in [-0.25, -0.2) is 0 Å². The van der Waals surface area contributed by atoms with Crippen LogP contribution in [-0.4, -0.2) is 38.1 Å². The maximum atomic E-state index is 12.0. The lowest BCUT2D eigenvalue weighted by Crippen LogP contribution is -2.35. The van der Waals surface area contributed by atoms with E-state index in [2.05, 4.69) is 24.3 Å². The molecule has 1 amide bonds. The molecular weight excluding hydrogens is 326 g/mol. The van der Waals surface area contributed by atoms with Gasteiger partial charge in [0, 0.05) is 14.1 Å². The number of benzene rings is 3. The Hall–Kier alpha value is -3.01. The average molecular weight is 349 g/mol. The van der Waals surface area contributed by atoms with E-state index in [-0.39, 0.29) is 5.91 Å². The van der Waals surface area contributed by atoms with Crippen molar-refractivity contribution in [1.82, 2.24) is 4.90 Å². The van der Waals surface area contributed by atoms with Crippen LogP contribution in [0.15, 0.2) is 60.7 Å². The first-order chi connectivity index (χ1) is 12.5. The highest BCUT2D eigenvalue weighted by molar-refractivity contribution is 5.88. The fourth-order valence-electron chi connectivity index (χ4n) is 2.90. The summed E-state index contributed by atoms with van der Waals surface area (Å²) < 4.78 is 11.1. The minimum atomic E-state index is -0.515. The van der Waals surface area contributed by atoms with Crippen LogP contribution in [0, 0.1) is 0 Å². The zero-order chi connectivity index (χ0) is 18.7. The number of hydrogen-bond acceptors (Lipinski definition) is 3. The summed E-state index contributed by atoms with van der Waals surface area (Å²) in [4.78, 5) is 13.5. The fourth-order valence-corrected chi connectivity index (χ4v) is 2.90. The van der Waals surface area contributed by atoms with Gasteiger partial charge in [-0.15, -0.1) is 0 Å². The van der Waals surface area contributed by atoms with E-state index in [4.69, 9.17) is 9.47 Å². The van der Waals surface area contributed by atoms with Crippen molar-refractivity contribution in [3.63, 3.8) is 0 Å². The summed E-state index contributed by atoms with van der Waals surface area (Å²) in [7, 11) is 5.12. The van der Waals surface area contributed by atoms with Gasteiger partial charge in [-0.2, -0.15) is 0 Å². The Morgan fingerprint density at radius 3 is 2.31 bits per heavy atom. The number of likely N-dealkylation sites (N-methyl/N-ethyl adjacent to an activating group) is 1. The zero-order valence-electron chi connectivity index (χ0n) is 15.5. The molecule has 0 bridgehead atoms. The van der Waals surface area contributed by atoms with E-state index in [0.717, 1.165) is 27.6 Å². The Labute approximate surface area is 154 Å². The van der Waals surface area contributed by atoms with E-state index < -0.39 is 6.10 Å². The van der Waals surface area contributed by atoms with Crippen LogP contribution in [0.25, 0.3) is 21.9 Å². The molecule has 0 aliphatic carbocycles. The molecule has 0 aliphatic rings. The molecule has 0 spiro atoms. The lowest BCUT2D eigenvalue weighted by molar-refractivity contribution is -0.135. The maximum absolute atomic E-state index is 12.0. The van der Waals surface area contributed by atoms with Crippen LogP contribution in [0.2, 0.25) is 0 Å². The van der Waals surface area contributed by atoms with Crippen molar-refractivity contribution in [2.45, 2.75) is 13.0 Å². The van der Waals surface area contributed by atoms with E-state index in [1.165, 1.54) is 4.90 Å². The van der Waals surface area contributed by atoms with Gasteiger partial charge in [-0.3, -0.25) is 4.79 Å². The van der Waals surface area contributed by atoms with Gasteiger partial charge in [0.1, 0.15) is 11.5 Å². The van der Waals surface area contributed by atoms with Crippen molar-refractivity contribution in [2.24, 2.45) is 0 Å². The summed E-state index contributed by atoms with van der Waals surface area (Å²) in [6, 6.07) is 20.2. The predicted molar refractivity (Wildman–Crippen MR) is 105 cm³/mol. The zero-order valence-corrected chi connectivity index (χ0v) is 15.5. The molecule has 4 nitrogen and oxygen atoms in total. The van der Waals surface area contributed by atoms with Gasteiger partial charge < -0.3 is 14.4 Å². The first-order valence-corrected chi connectivity index (χ1v) is 8.54. The molecule has 0 heterocycles. The second-order valence-corrected chi connectivity index (χ2v) is 6.45. The molecule has 0 aromatic heterocycles. The third-order valence-electron chi connectivity index (χ3n) is 4.32. The van der Waals surface area contributed by atoms with E-state index in [1.807, 2.05) is 36.4 Å². The first-order valence-electron chi connectivity index (χ1n) is 8.54. The van der Waals surface area contributed by atoms with Crippen LogP contribution in [-0.2, 0) is 4.79 Å². The molecule has 0 fully saturated rings. The Balaban J connectivity index is 1.87. The van der Waals surface area contributed by atoms with Crippen LogP contribution in [0.1, 0.15) is 6.92 Å². The number of amides is 1. The topological polar surface area (TPSA) is 38.8 Å². The Kier molecular flexibility index (Phi) is 5.12. The smallest absolute Gasteiger partial charge is 0.262 e. The number of carbonyl (C=O) groups is 1. The van der Waals surface area contributed by atoms with Crippen molar-refractivity contribution >= 4 is 16.7 Å². The maximum Gasteiger partial charge on any atom is 0.262 e. The van der Waals surface area contributed by atoms with Crippen molar-refractivity contribution in [2.75, 3.05) is 21.2 Å². The van der Waals surface area contributed by atoms with Gasteiger partial charge in [-0.05, 0) is 59.2 Å². The summed E-state index contributed by atoms with van der Waals surface area (Å²) in [6.45, 7) is 1.76. The highest BCUT2D eigenvalue weighted by atomic mass is 16.5. The molecule has 0 saturated heterocycles. The van der Waals surface area contributed by atoms with E-state index in [1.54, 1.807) is 28.1 Å². The lowest BCUT2D eigenvalue weighted by Gasteiger charge is -2.18. The molecule has 3 rings (SSSR count). The van der Waals surface area contributed by atoms with Gasteiger partial charge >= 0.3 is 0 Å². The van der Waals surface area contributed by atoms with Gasteiger partial charge in [0.05, 0.1) is 7.11 Å². The molecule has 1 atom stereocenters. The third kappa shape index (κ3) is 3.80. The van der Waals surface area contributed by atoms with Crippen LogP contribution in [0.3, 0.4) is 0 Å². The molecule has 26 heavy (non-hydrogen) atoms. The normalized spacial score (nSPS) is 11.8. The number of rotatable bonds is 5.